The predicted molar refractivity (Wildman–Crippen MR) is 163 cm³/mol. The van der Waals surface area contributed by atoms with Gasteiger partial charge in [-0.3, -0.25) is 0 Å². The van der Waals surface area contributed by atoms with Crippen molar-refractivity contribution in [3.63, 3.8) is 0 Å². The number of benzene rings is 2. The van der Waals surface area contributed by atoms with E-state index >= 15 is 0 Å². The van der Waals surface area contributed by atoms with Gasteiger partial charge in [-0.1, -0.05) is 77.3 Å². The van der Waals surface area contributed by atoms with E-state index in [1.165, 1.54) is 19.3 Å². The third-order valence-electron chi connectivity index (χ3n) is 7.09. The van der Waals surface area contributed by atoms with Crippen molar-refractivity contribution >= 4 is 34.5 Å². The lowest BCUT2D eigenvalue weighted by atomic mass is 9.96. The van der Waals surface area contributed by atoms with Gasteiger partial charge in [0.15, 0.2) is 0 Å². The Morgan fingerprint density at radius 3 is 2.27 bits per heavy atom. The van der Waals surface area contributed by atoms with Gasteiger partial charge in [0, 0.05) is 36.3 Å². The van der Waals surface area contributed by atoms with Crippen LogP contribution >= 0.6 is 0 Å². The van der Waals surface area contributed by atoms with Crippen LogP contribution in [0.1, 0.15) is 59.8 Å². The Balaban J connectivity index is 1.47. The summed E-state index contributed by atoms with van der Waals surface area (Å²) in [4.78, 5) is 29.5. The predicted octanol–water partition coefficient (Wildman–Crippen LogP) is 7.25. The maximum Gasteiger partial charge on any atom is 0.344 e. The number of aromatic nitrogens is 3. The first-order valence-electron chi connectivity index (χ1n) is 14.5. The van der Waals surface area contributed by atoms with Gasteiger partial charge in [0.25, 0.3) is 0 Å². The molecule has 2 N–H and O–H groups in total. The summed E-state index contributed by atoms with van der Waals surface area (Å²) < 4.78 is 5.73. The summed E-state index contributed by atoms with van der Waals surface area (Å²) in [6.07, 6.45) is 5.98. The lowest BCUT2D eigenvalue weighted by Gasteiger charge is -2.28. The van der Waals surface area contributed by atoms with Crippen molar-refractivity contribution in [3.8, 4) is 11.1 Å². The van der Waals surface area contributed by atoms with Gasteiger partial charge in [0.2, 0.25) is 17.8 Å². The first kappa shape index (κ1) is 27.6. The normalized spacial score (nSPS) is 14.2. The van der Waals surface area contributed by atoms with Crippen LogP contribution in [0.3, 0.4) is 0 Å². The second kappa shape index (κ2) is 12.5. The highest BCUT2D eigenvalue weighted by molar-refractivity contribution is 5.84. The molecule has 0 unspecified atom stereocenters. The third-order valence-corrected chi connectivity index (χ3v) is 7.09. The highest BCUT2D eigenvalue weighted by Gasteiger charge is 2.20. The smallest absolute Gasteiger partial charge is 0.344 e. The second-order valence-corrected chi connectivity index (χ2v) is 11.6. The first-order valence-corrected chi connectivity index (χ1v) is 14.5. The zero-order valence-corrected chi connectivity index (χ0v) is 24.0. The molecule has 210 valence electrons. The van der Waals surface area contributed by atoms with Crippen molar-refractivity contribution in [1.29, 1.82) is 0 Å². The molecule has 0 aliphatic heterocycles. The Morgan fingerprint density at radius 1 is 0.875 bits per heavy atom. The van der Waals surface area contributed by atoms with E-state index in [9.17, 15) is 4.79 Å². The number of anilines is 4. The molecular formula is C32H40N6O2. The summed E-state index contributed by atoms with van der Waals surface area (Å²) in [5, 5.41) is 7.78. The van der Waals surface area contributed by atoms with Gasteiger partial charge in [-0.25, -0.2) is 4.79 Å². The summed E-state index contributed by atoms with van der Waals surface area (Å²) >= 11 is 0. The number of fused-ring (bicyclic) bond motifs is 1. The molecule has 0 amide bonds. The van der Waals surface area contributed by atoms with Gasteiger partial charge in [-0.15, -0.1) is 0 Å². The number of nitrogens with one attached hydrogen (secondary N) is 2. The van der Waals surface area contributed by atoms with E-state index in [-0.39, 0.29) is 5.63 Å². The molecule has 2 heterocycles. The Morgan fingerprint density at radius 2 is 1.57 bits per heavy atom. The summed E-state index contributed by atoms with van der Waals surface area (Å²) in [6, 6.07) is 17.5. The van der Waals surface area contributed by atoms with Crippen molar-refractivity contribution in [2.45, 2.75) is 65.8 Å². The van der Waals surface area contributed by atoms with E-state index < -0.39 is 0 Å². The van der Waals surface area contributed by atoms with Gasteiger partial charge in [0.1, 0.15) is 5.58 Å². The minimum atomic E-state index is -0.365. The summed E-state index contributed by atoms with van der Waals surface area (Å²) in [5.41, 5.74) is 2.26. The SMILES string of the molecule is CC(C)CN(CC(C)C)c1nc(Nc2ccc3cc(-c4ccccc4)c(=O)oc3c2)nc(NC2CCCCC2)n1. The van der Waals surface area contributed by atoms with E-state index in [2.05, 4.69) is 43.2 Å². The number of hydrogen-bond donors (Lipinski definition) is 2. The van der Waals surface area contributed by atoms with Crippen LogP contribution < -0.4 is 21.2 Å². The molecule has 8 nitrogen and oxygen atoms in total. The second-order valence-electron chi connectivity index (χ2n) is 11.6. The molecule has 0 atom stereocenters. The Bertz CT molecular complexity index is 1470. The van der Waals surface area contributed by atoms with Crippen LogP contribution in [0.5, 0.6) is 0 Å². The third kappa shape index (κ3) is 6.97. The lowest BCUT2D eigenvalue weighted by molar-refractivity contribution is 0.460. The zero-order valence-electron chi connectivity index (χ0n) is 24.0. The molecule has 0 bridgehead atoms. The molecule has 2 aromatic carbocycles. The van der Waals surface area contributed by atoms with Crippen LogP contribution in [0.25, 0.3) is 22.1 Å². The van der Waals surface area contributed by atoms with Crippen molar-refractivity contribution in [2.24, 2.45) is 11.8 Å². The number of rotatable bonds is 10. The molecule has 8 heteroatoms. The van der Waals surface area contributed by atoms with E-state index in [1.54, 1.807) is 0 Å². The van der Waals surface area contributed by atoms with Crippen LogP contribution in [0.15, 0.2) is 63.8 Å². The Hall–Kier alpha value is -3.94. The average molecular weight is 541 g/mol. The van der Waals surface area contributed by atoms with Gasteiger partial charge >= 0.3 is 5.63 Å². The van der Waals surface area contributed by atoms with Gasteiger partial charge < -0.3 is 20.0 Å². The maximum absolute atomic E-state index is 12.8. The van der Waals surface area contributed by atoms with Crippen molar-refractivity contribution in [1.82, 2.24) is 15.0 Å². The summed E-state index contributed by atoms with van der Waals surface area (Å²) in [6.45, 7) is 10.6. The molecule has 40 heavy (non-hydrogen) atoms. The molecule has 4 aromatic rings. The van der Waals surface area contributed by atoms with Crippen LogP contribution in [-0.2, 0) is 0 Å². The monoisotopic (exact) mass is 540 g/mol. The molecule has 0 radical (unpaired) electrons. The van der Waals surface area contributed by atoms with E-state index in [1.807, 2.05) is 54.6 Å². The highest BCUT2D eigenvalue weighted by atomic mass is 16.4. The highest BCUT2D eigenvalue weighted by Crippen LogP contribution is 2.27. The van der Waals surface area contributed by atoms with Gasteiger partial charge in [-0.2, -0.15) is 15.0 Å². The van der Waals surface area contributed by atoms with Crippen molar-refractivity contribution in [3.05, 3.63) is 65.0 Å². The molecule has 1 saturated carbocycles. The van der Waals surface area contributed by atoms with E-state index in [0.717, 1.165) is 42.6 Å². The van der Waals surface area contributed by atoms with Crippen LogP contribution in [0.2, 0.25) is 0 Å². The quantitative estimate of drug-likeness (QED) is 0.203. The van der Waals surface area contributed by atoms with Gasteiger partial charge in [-0.05, 0) is 48.4 Å². The van der Waals surface area contributed by atoms with Gasteiger partial charge in [0.05, 0.1) is 5.56 Å². The number of nitrogens with zero attached hydrogens (tertiary/aromatic N) is 4. The van der Waals surface area contributed by atoms with Crippen molar-refractivity contribution in [2.75, 3.05) is 28.6 Å². The summed E-state index contributed by atoms with van der Waals surface area (Å²) in [5.74, 6) is 2.65. The topological polar surface area (TPSA) is 96.2 Å². The lowest BCUT2D eigenvalue weighted by Crippen LogP contribution is -2.33. The zero-order chi connectivity index (χ0) is 28.1. The molecule has 0 saturated heterocycles. The van der Waals surface area contributed by atoms with Crippen LogP contribution in [0, 0.1) is 11.8 Å². The fourth-order valence-corrected chi connectivity index (χ4v) is 5.31. The fourth-order valence-electron chi connectivity index (χ4n) is 5.31. The van der Waals surface area contributed by atoms with Crippen LogP contribution in [-0.4, -0.2) is 34.1 Å². The van der Waals surface area contributed by atoms with Crippen LogP contribution in [0.4, 0.5) is 23.5 Å². The molecule has 2 aromatic heterocycles. The molecule has 1 aliphatic carbocycles. The molecule has 1 fully saturated rings. The minimum Gasteiger partial charge on any atom is -0.422 e. The maximum atomic E-state index is 12.8. The van der Waals surface area contributed by atoms with E-state index in [4.69, 9.17) is 19.4 Å². The average Bonchev–Trinajstić information content (AvgIpc) is 2.93. The molecule has 5 rings (SSSR count). The Kier molecular flexibility index (Phi) is 8.63. The van der Waals surface area contributed by atoms with E-state index in [0.29, 0.717) is 46.9 Å². The summed E-state index contributed by atoms with van der Waals surface area (Å²) in [7, 11) is 0. The minimum absolute atomic E-state index is 0.365. The molecular weight excluding hydrogens is 500 g/mol. The Labute approximate surface area is 236 Å². The number of hydrogen-bond acceptors (Lipinski definition) is 8. The molecule has 0 spiro atoms. The standard InChI is InChI=1S/C32H40N6O2/c1-21(2)19-38(20-22(3)4)32-36-30(33-25-13-9-6-10-14-25)35-31(37-32)34-26-16-15-24-17-27(23-11-7-5-8-12-23)29(39)40-28(24)18-26/h5,7-8,11-12,15-18,21-22,25H,6,9-10,13-14,19-20H2,1-4H3,(H2,33,34,35,36,37). The fraction of sp³-hybridized carbons (Fsp3) is 0.438. The first-order chi connectivity index (χ1) is 19.3. The molecule has 1 aliphatic rings. The largest absolute Gasteiger partial charge is 0.422 e. The van der Waals surface area contributed by atoms with Crippen molar-refractivity contribution < 1.29 is 4.42 Å².